The predicted molar refractivity (Wildman–Crippen MR) is 164 cm³/mol. The van der Waals surface area contributed by atoms with Crippen LogP contribution in [0.15, 0.2) is 146 Å². The van der Waals surface area contributed by atoms with Crippen molar-refractivity contribution in [3.8, 4) is 28.2 Å². The van der Waals surface area contributed by atoms with Gasteiger partial charge in [0.2, 0.25) is 0 Å². The Bertz CT molecular complexity index is 2010. The average Bonchev–Trinajstić information content (AvgIpc) is 3.37. The van der Waals surface area contributed by atoms with Crippen molar-refractivity contribution in [3.05, 3.63) is 146 Å². The average molecular weight is 497 g/mol. The highest BCUT2D eigenvalue weighted by Crippen LogP contribution is 2.41. The van der Waals surface area contributed by atoms with E-state index in [0.717, 1.165) is 33.7 Å². The van der Waals surface area contributed by atoms with Crippen LogP contribution in [-0.2, 0) is 0 Å². The molecule has 0 saturated heterocycles. The van der Waals surface area contributed by atoms with Gasteiger partial charge in [0.05, 0.1) is 16.7 Å². The zero-order valence-corrected chi connectivity index (χ0v) is 21.3. The van der Waals surface area contributed by atoms with Crippen LogP contribution in [0, 0.1) is 0 Å². The molecule has 0 bridgehead atoms. The first-order valence-electron chi connectivity index (χ1n) is 13.3. The first-order valence-corrected chi connectivity index (χ1v) is 13.3. The van der Waals surface area contributed by atoms with Crippen LogP contribution in [0.25, 0.3) is 71.6 Å². The lowest BCUT2D eigenvalue weighted by molar-refractivity contribution is 1.09. The van der Waals surface area contributed by atoms with Crippen LogP contribution in [0.3, 0.4) is 0 Å². The van der Waals surface area contributed by atoms with E-state index >= 15 is 0 Å². The fourth-order valence-electron chi connectivity index (χ4n) is 5.98. The lowest BCUT2D eigenvalue weighted by atomic mass is 10.00. The molecule has 0 aliphatic carbocycles. The van der Waals surface area contributed by atoms with Crippen molar-refractivity contribution in [1.82, 2.24) is 9.55 Å². The second-order valence-electron chi connectivity index (χ2n) is 10.0. The zero-order valence-electron chi connectivity index (χ0n) is 21.3. The topological polar surface area (TPSA) is 17.8 Å². The number of nitrogens with zero attached hydrogens (tertiary/aromatic N) is 2. The third-order valence-corrected chi connectivity index (χ3v) is 7.76. The zero-order chi connectivity index (χ0) is 25.8. The van der Waals surface area contributed by atoms with E-state index in [2.05, 4.69) is 150 Å². The number of hydrogen-bond donors (Lipinski definition) is 0. The van der Waals surface area contributed by atoms with Crippen LogP contribution in [0.5, 0.6) is 0 Å². The molecule has 0 atom stereocenters. The second kappa shape index (κ2) is 8.68. The van der Waals surface area contributed by atoms with E-state index in [1.165, 1.54) is 37.9 Å². The SMILES string of the molecule is c1ccc(-c2cc(-c3ccccc3)nc(-n3c4ccc5ccccc5c4c4c5ccccc5ccc43)c2)cc1. The number of rotatable bonds is 3. The molecule has 0 amide bonds. The summed E-state index contributed by atoms with van der Waals surface area (Å²) in [7, 11) is 0. The quantitative estimate of drug-likeness (QED) is 0.238. The molecule has 0 saturated carbocycles. The Morgan fingerprint density at radius 3 is 1.51 bits per heavy atom. The Labute approximate surface area is 226 Å². The fraction of sp³-hybridized carbons (Fsp3) is 0. The van der Waals surface area contributed by atoms with Crippen molar-refractivity contribution in [2.45, 2.75) is 0 Å². The Morgan fingerprint density at radius 2 is 0.923 bits per heavy atom. The molecule has 39 heavy (non-hydrogen) atoms. The minimum Gasteiger partial charge on any atom is -0.294 e. The van der Waals surface area contributed by atoms with Crippen LogP contribution in [0.2, 0.25) is 0 Å². The first-order chi connectivity index (χ1) is 19.3. The van der Waals surface area contributed by atoms with Gasteiger partial charge in [0.1, 0.15) is 5.82 Å². The van der Waals surface area contributed by atoms with Gasteiger partial charge in [0, 0.05) is 16.3 Å². The Kier molecular flexibility index (Phi) is 4.86. The molecule has 2 nitrogen and oxygen atoms in total. The fourth-order valence-corrected chi connectivity index (χ4v) is 5.98. The van der Waals surface area contributed by atoms with Crippen molar-refractivity contribution in [1.29, 1.82) is 0 Å². The van der Waals surface area contributed by atoms with Gasteiger partial charge in [-0.1, -0.05) is 121 Å². The highest BCUT2D eigenvalue weighted by molar-refractivity contribution is 6.28. The molecular formula is C37H24N2. The maximum atomic E-state index is 5.29. The highest BCUT2D eigenvalue weighted by Gasteiger charge is 2.19. The number of fused-ring (bicyclic) bond motifs is 7. The number of hydrogen-bond acceptors (Lipinski definition) is 1. The first kappa shape index (κ1) is 21.8. The van der Waals surface area contributed by atoms with Gasteiger partial charge in [-0.3, -0.25) is 4.57 Å². The van der Waals surface area contributed by atoms with Crippen LogP contribution in [0.4, 0.5) is 0 Å². The predicted octanol–water partition coefficient (Wildman–Crippen LogP) is 9.82. The summed E-state index contributed by atoms with van der Waals surface area (Å²) >= 11 is 0. The van der Waals surface area contributed by atoms with E-state index in [1.54, 1.807) is 0 Å². The standard InChI is InChI=1S/C37H24N2/c1-3-11-25(12-4-1)29-23-32(28-15-5-2-6-16-28)38-35(24-29)39-33-21-19-26-13-7-9-17-30(26)36(33)37-31-18-10-8-14-27(31)20-22-34(37)39/h1-24H. The molecule has 0 spiro atoms. The van der Waals surface area contributed by atoms with Gasteiger partial charge in [0.25, 0.3) is 0 Å². The molecule has 2 heteroatoms. The molecule has 0 unspecified atom stereocenters. The van der Waals surface area contributed by atoms with Crippen molar-refractivity contribution < 1.29 is 0 Å². The maximum Gasteiger partial charge on any atom is 0.138 e. The van der Waals surface area contributed by atoms with Gasteiger partial charge in [0.15, 0.2) is 0 Å². The number of aromatic nitrogens is 2. The van der Waals surface area contributed by atoms with Crippen molar-refractivity contribution >= 4 is 43.4 Å². The molecule has 0 N–H and O–H groups in total. The summed E-state index contributed by atoms with van der Waals surface area (Å²) in [4.78, 5) is 5.29. The smallest absolute Gasteiger partial charge is 0.138 e. The lowest BCUT2D eigenvalue weighted by Crippen LogP contribution is -2.00. The summed E-state index contributed by atoms with van der Waals surface area (Å²) in [5, 5.41) is 7.55. The number of benzene rings is 6. The van der Waals surface area contributed by atoms with Gasteiger partial charge < -0.3 is 0 Å². The molecule has 6 aromatic carbocycles. The lowest BCUT2D eigenvalue weighted by Gasteiger charge is -2.13. The molecule has 0 radical (unpaired) electrons. The van der Waals surface area contributed by atoms with Gasteiger partial charge in [-0.2, -0.15) is 0 Å². The van der Waals surface area contributed by atoms with Gasteiger partial charge in [-0.15, -0.1) is 0 Å². The van der Waals surface area contributed by atoms with E-state index in [4.69, 9.17) is 4.98 Å². The number of pyridine rings is 1. The molecule has 2 heterocycles. The minimum absolute atomic E-state index is 0.917. The highest BCUT2D eigenvalue weighted by atomic mass is 15.1. The molecular weight excluding hydrogens is 472 g/mol. The molecule has 0 fully saturated rings. The maximum absolute atomic E-state index is 5.29. The third-order valence-electron chi connectivity index (χ3n) is 7.76. The van der Waals surface area contributed by atoms with E-state index in [0.29, 0.717) is 0 Å². The van der Waals surface area contributed by atoms with E-state index in [-0.39, 0.29) is 0 Å². The molecule has 8 rings (SSSR count). The Morgan fingerprint density at radius 1 is 0.410 bits per heavy atom. The second-order valence-corrected chi connectivity index (χ2v) is 10.0. The third kappa shape index (κ3) is 3.46. The summed E-state index contributed by atoms with van der Waals surface area (Å²) in [6.07, 6.45) is 0. The van der Waals surface area contributed by atoms with Crippen LogP contribution in [-0.4, -0.2) is 9.55 Å². The van der Waals surface area contributed by atoms with Crippen molar-refractivity contribution in [3.63, 3.8) is 0 Å². The van der Waals surface area contributed by atoms with Gasteiger partial charge in [-0.05, 0) is 56.9 Å². The summed E-state index contributed by atoms with van der Waals surface area (Å²) in [6, 6.07) is 51.8. The largest absolute Gasteiger partial charge is 0.294 e. The summed E-state index contributed by atoms with van der Waals surface area (Å²) in [5.41, 5.74) is 6.72. The Balaban J connectivity index is 1.54. The summed E-state index contributed by atoms with van der Waals surface area (Å²) in [6.45, 7) is 0. The van der Waals surface area contributed by atoms with Crippen LogP contribution >= 0.6 is 0 Å². The molecule has 8 aromatic rings. The van der Waals surface area contributed by atoms with E-state index in [1.807, 2.05) is 0 Å². The van der Waals surface area contributed by atoms with Crippen LogP contribution < -0.4 is 0 Å². The minimum atomic E-state index is 0.917. The summed E-state index contributed by atoms with van der Waals surface area (Å²) < 4.78 is 2.35. The van der Waals surface area contributed by atoms with Crippen molar-refractivity contribution in [2.24, 2.45) is 0 Å². The van der Waals surface area contributed by atoms with E-state index < -0.39 is 0 Å². The molecule has 0 aliphatic rings. The normalized spacial score (nSPS) is 11.6. The monoisotopic (exact) mass is 496 g/mol. The van der Waals surface area contributed by atoms with Crippen LogP contribution in [0.1, 0.15) is 0 Å². The molecule has 182 valence electrons. The molecule has 2 aromatic heterocycles. The van der Waals surface area contributed by atoms with Crippen molar-refractivity contribution in [2.75, 3.05) is 0 Å². The van der Waals surface area contributed by atoms with Gasteiger partial charge in [-0.25, -0.2) is 4.98 Å². The summed E-state index contributed by atoms with van der Waals surface area (Å²) in [5.74, 6) is 0.917. The van der Waals surface area contributed by atoms with Gasteiger partial charge >= 0.3 is 0 Å². The molecule has 0 aliphatic heterocycles. The van der Waals surface area contributed by atoms with E-state index in [9.17, 15) is 0 Å². The Hall–Kier alpha value is -5.21.